The molecule has 0 atom stereocenters. The van der Waals surface area contributed by atoms with Crippen molar-refractivity contribution in [2.45, 2.75) is 0 Å². The van der Waals surface area contributed by atoms with Gasteiger partial charge in [0, 0.05) is 11.8 Å². The molecule has 2 aromatic rings. The minimum atomic E-state index is -0.465. The summed E-state index contributed by atoms with van der Waals surface area (Å²) in [5.74, 6) is 0.709. The molecule has 0 bridgehead atoms. The summed E-state index contributed by atoms with van der Waals surface area (Å²) in [7, 11) is 3.10. The Morgan fingerprint density at radius 3 is 2.48 bits per heavy atom. The van der Waals surface area contributed by atoms with Gasteiger partial charge < -0.3 is 20.5 Å². The summed E-state index contributed by atoms with van der Waals surface area (Å²) in [6.07, 6.45) is 0. The molecule has 0 aliphatic carbocycles. The summed E-state index contributed by atoms with van der Waals surface area (Å²) in [6.45, 7) is 0. The van der Waals surface area contributed by atoms with Crippen LogP contribution >= 0.6 is 12.2 Å². The lowest BCUT2D eigenvalue weighted by atomic mass is 10.1. The highest BCUT2D eigenvalue weighted by Crippen LogP contribution is 2.32. The standard InChI is InChI=1S/C15H15FN2O2S/c1-19-12-7-6-9(8-13(12)20-2)18-11-5-3-4-10(16)14(11)15(17)21/h3-8,18H,1-2H3,(H2,17,21). The molecule has 21 heavy (non-hydrogen) atoms. The Hall–Kier alpha value is -2.34. The summed E-state index contributed by atoms with van der Waals surface area (Å²) in [5, 5.41) is 3.08. The molecule has 2 aromatic carbocycles. The van der Waals surface area contributed by atoms with Crippen molar-refractivity contribution in [3.8, 4) is 11.5 Å². The quantitative estimate of drug-likeness (QED) is 0.831. The second-order valence-corrected chi connectivity index (χ2v) is 4.66. The molecule has 3 N–H and O–H groups in total. The predicted molar refractivity (Wildman–Crippen MR) is 85.1 cm³/mol. The lowest BCUT2D eigenvalue weighted by Gasteiger charge is -2.14. The van der Waals surface area contributed by atoms with Gasteiger partial charge >= 0.3 is 0 Å². The van der Waals surface area contributed by atoms with Crippen LogP contribution in [0.3, 0.4) is 0 Å². The van der Waals surface area contributed by atoms with Gasteiger partial charge in [-0.1, -0.05) is 18.3 Å². The van der Waals surface area contributed by atoms with E-state index in [9.17, 15) is 4.39 Å². The van der Waals surface area contributed by atoms with Crippen molar-refractivity contribution in [2.24, 2.45) is 5.73 Å². The Kier molecular flexibility index (Phi) is 4.59. The third-order valence-corrected chi connectivity index (χ3v) is 3.13. The van der Waals surface area contributed by atoms with Gasteiger partial charge in [0.15, 0.2) is 11.5 Å². The van der Waals surface area contributed by atoms with Crippen molar-refractivity contribution in [2.75, 3.05) is 19.5 Å². The largest absolute Gasteiger partial charge is 0.493 e. The molecule has 0 amide bonds. The van der Waals surface area contributed by atoms with Crippen LogP contribution in [0.1, 0.15) is 5.56 Å². The van der Waals surface area contributed by atoms with Crippen molar-refractivity contribution in [1.82, 2.24) is 0 Å². The zero-order chi connectivity index (χ0) is 15.4. The Morgan fingerprint density at radius 1 is 1.14 bits per heavy atom. The molecule has 0 aliphatic heterocycles. The summed E-state index contributed by atoms with van der Waals surface area (Å²) in [5.41, 5.74) is 6.96. The number of thiocarbonyl (C=S) groups is 1. The molecule has 110 valence electrons. The molecular weight excluding hydrogens is 291 g/mol. The topological polar surface area (TPSA) is 56.5 Å². The van der Waals surface area contributed by atoms with Crippen LogP contribution in [0, 0.1) is 5.82 Å². The third-order valence-electron chi connectivity index (χ3n) is 2.92. The van der Waals surface area contributed by atoms with E-state index in [0.717, 1.165) is 0 Å². The molecule has 0 fully saturated rings. The van der Waals surface area contributed by atoms with Gasteiger partial charge in [-0.3, -0.25) is 0 Å². The van der Waals surface area contributed by atoms with Crippen molar-refractivity contribution in [1.29, 1.82) is 0 Å². The second-order valence-electron chi connectivity index (χ2n) is 4.22. The van der Waals surface area contributed by atoms with Gasteiger partial charge in [-0.05, 0) is 24.3 Å². The van der Waals surface area contributed by atoms with Crippen molar-refractivity contribution < 1.29 is 13.9 Å². The SMILES string of the molecule is COc1ccc(Nc2cccc(F)c2C(N)=S)cc1OC. The second kappa shape index (κ2) is 6.41. The minimum absolute atomic E-state index is 0.00363. The number of ether oxygens (including phenoxy) is 2. The number of hydrogen-bond acceptors (Lipinski definition) is 4. The van der Waals surface area contributed by atoms with Crippen LogP contribution in [0.4, 0.5) is 15.8 Å². The van der Waals surface area contributed by atoms with E-state index in [1.165, 1.54) is 6.07 Å². The maximum atomic E-state index is 13.8. The average molecular weight is 306 g/mol. The van der Waals surface area contributed by atoms with Crippen LogP contribution in [0.2, 0.25) is 0 Å². The molecule has 0 radical (unpaired) electrons. The highest BCUT2D eigenvalue weighted by molar-refractivity contribution is 7.80. The molecule has 0 saturated carbocycles. The monoisotopic (exact) mass is 306 g/mol. The first-order valence-corrected chi connectivity index (χ1v) is 6.55. The summed E-state index contributed by atoms with van der Waals surface area (Å²) < 4.78 is 24.2. The molecule has 0 saturated heterocycles. The Morgan fingerprint density at radius 2 is 1.86 bits per heavy atom. The third kappa shape index (κ3) is 3.22. The maximum absolute atomic E-state index is 13.8. The van der Waals surface area contributed by atoms with E-state index in [4.69, 9.17) is 27.4 Å². The van der Waals surface area contributed by atoms with Gasteiger partial charge in [0.2, 0.25) is 0 Å². The molecule has 0 heterocycles. The smallest absolute Gasteiger partial charge is 0.162 e. The highest BCUT2D eigenvalue weighted by Gasteiger charge is 2.12. The summed E-state index contributed by atoms with van der Waals surface area (Å²) in [6, 6.07) is 9.88. The zero-order valence-corrected chi connectivity index (χ0v) is 12.5. The Labute approximate surface area is 127 Å². The van der Waals surface area contributed by atoms with Crippen molar-refractivity contribution >= 4 is 28.6 Å². The maximum Gasteiger partial charge on any atom is 0.162 e. The Bertz CT molecular complexity index is 677. The number of nitrogens with two attached hydrogens (primary N) is 1. The van der Waals surface area contributed by atoms with Crippen LogP contribution < -0.4 is 20.5 Å². The molecular formula is C15H15FN2O2S. The fourth-order valence-corrected chi connectivity index (χ4v) is 2.16. The van der Waals surface area contributed by atoms with E-state index in [0.29, 0.717) is 22.9 Å². The summed E-state index contributed by atoms with van der Waals surface area (Å²) >= 11 is 4.89. The fraction of sp³-hybridized carbons (Fsp3) is 0.133. The van der Waals surface area contributed by atoms with Crippen molar-refractivity contribution in [3.63, 3.8) is 0 Å². The van der Waals surface area contributed by atoms with Gasteiger partial charge in [0.1, 0.15) is 10.8 Å². The summed E-state index contributed by atoms with van der Waals surface area (Å²) in [4.78, 5) is -0.00363. The van der Waals surface area contributed by atoms with Gasteiger partial charge in [0.05, 0.1) is 25.5 Å². The lowest BCUT2D eigenvalue weighted by molar-refractivity contribution is 0.355. The van der Waals surface area contributed by atoms with Gasteiger partial charge in [-0.15, -0.1) is 0 Å². The van der Waals surface area contributed by atoms with E-state index in [-0.39, 0.29) is 10.6 Å². The van der Waals surface area contributed by atoms with E-state index >= 15 is 0 Å². The number of anilines is 2. The predicted octanol–water partition coefficient (Wildman–Crippen LogP) is 3.22. The lowest BCUT2D eigenvalue weighted by Crippen LogP contribution is -2.14. The van der Waals surface area contributed by atoms with Gasteiger partial charge in [-0.2, -0.15) is 0 Å². The first-order chi connectivity index (χ1) is 10.1. The molecule has 0 aromatic heterocycles. The van der Waals surface area contributed by atoms with Crippen LogP contribution in [0.5, 0.6) is 11.5 Å². The molecule has 6 heteroatoms. The van der Waals surface area contributed by atoms with E-state index in [1.807, 2.05) is 0 Å². The zero-order valence-electron chi connectivity index (χ0n) is 11.6. The van der Waals surface area contributed by atoms with Crippen LogP contribution in [-0.2, 0) is 0 Å². The average Bonchev–Trinajstić information content (AvgIpc) is 2.46. The van der Waals surface area contributed by atoms with E-state index < -0.39 is 5.82 Å². The molecule has 4 nitrogen and oxygen atoms in total. The molecule has 0 aliphatic rings. The fourth-order valence-electron chi connectivity index (χ4n) is 1.95. The van der Waals surface area contributed by atoms with Gasteiger partial charge in [-0.25, -0.2) is 4.39 Å². The number of rotatable bonds is 5. The Balaban J connectivity index is 2.39. The molecule has 0 spiro atoms. The van der Waals surface area contributed by atoms with Gasteiger partial charge in [0.25, 0.3) is 0 Å². The van der Waals surface area contributed by atoms with E-state index in [1.54, 1.807) is 44.6 Å². The highest BCUT2D eigenvalue weighted by atomic mass is 32.1. The number of hydrogen-bond donors (Lipinski definition) is 2. The molecule has 0 unspecified atom stereocenters. The first kappa shape index (κ1) is 15.1. The number of nitrogens with one attached hydrogen (secondary N) is 1. The minimum Gasteiger partial charge on any atom is -0.493 e. The van der Waals surface area contributed by atoms with Crippen molar-refractivity contribution in [3.05, 3.63) is 47.8 Å². The number of benzene rings is 2. The normalized spacial score (nSPS) is 10.0. The van der Waals surface area contributed by atoms with Crippen LogP contribution in [0.25, 0.3) is 0 Å². The first-order valence-electron chi connectivity index (χ1n) is 6.14. The van der Waals surface area contributed by atoms with Crippen LogP contribution in [-0.4, -0.2) is 19.2 Å². The van der Waals surface area contributed by atoms with Crippen LogP contribution in [0.15, 0.2) is 36.4 Å². The number of halogens is 1. The number of methoxy groups -OCH3 is 2. The molecule has 2 rings (SSSR count). The van der Waals surface area contributed by atoms with E-state index in [2.05, 4.69) is 5.32 Å².